The summed E-state index contributed by atoms with van der Waals surface area (Å²) >= 11 is 0. The van der Waals surface area contributed by atoms with Crippen molar-refractivity contribution in [2.24, 2.45) is 0 Å². The molecule has 1 unspecified atom stereocenters. The number of aryl methyl sites for hydroxylation is 3. The monoisotopic (exact) mass is 416 g/mol. The number of rotatable bonds is 7. The second-order valence-electron chi connectivity index (χ2n) is 9.07. The fraction of sp³-hybridized carbons (Fsp3) is 0.423. The van der Waals surface area contributed by atoms with Crippen molar-refractivity contribution in [3.8, 4) is 0 Å². The number of fused-ring (bicyclic) bond motifs is 1. The first-order chi connectivity index (χ1) is 14.8. The Labute approximate surface area is 184 Å². The fourth-order valence-electron chi connectivity index (χ4n) is 4.18. The number of aromatic nitrogens is 2. The Balaban J connectivity index is 1.65. The van der Waals surface area contributed by atoms with E-state index in [2.05, 4.69) is 79.7 Å². The highest BCUT2D eigenvalue weighted by Gasteiger charge is 2.24. The lowest BCUT2D eigenvalue weighted by molar-refractivity contribution is -0.121. The van der Waals surface area contributed by atoms with Crippen LogP contribution >= 0.6 is 0 Å². The zero-order valence-corrected chi connectivity index (χ0v) is 19.1. The Morgan fingerprint density at radius 1 is 1.10 bits per heavy atom. The number of carbonyl (C=O) groups excluding carboxylic acids is 1. The highest BCUT2D eigenvalue weighted by atomic mass is 16.1. The van der Waals surface area contributed by atoms with E-state index in [1.165, 1.54) is 16.7 Å². The summed E-state index contributed by atoms with van der Waals surface area (Å²) in [6.45, 7) is 10.4. The van der Waals surface area contributed by atoms with E-state index in [1.807, 2.05) is 6.92 Å². The van der Waals surface area contributed by atoms with Gasteiger partial charge in [-0.1, -0.05) is 36.8 Å². The van der Waals surface area contributed by atoms with Crippen molar-refractivity contribution in [3.63, 3.8) is 0 Å². The summed E-state index contributed by atoms with van der Waals surface area (Å²) in [4.78, 5) is 21.7. The Hall–Kier alpha value is -2.95. The third-order valence-electron chi connectivity index (χ3n) is 6.06. The SMILES string of the molecule is Cc1cccc([C@@H](C)Nc2nc(C)nc3cc(C)c(C(C)CC(=O)NC4CC4)cc23)c1. The molecule has 2 aromatic carbocycles. The lowest BCUT2D eigenvalue weighted by Crippen LogP contribution is -2.26. The molecular formula is C26H32N4O. The van der Waals surface area contributed by atoms with Crippen LogP contribution < -0.4 is 10.6 Å². The zero-order chi connectivity index (χ0) is 22.1. The molecule has 0 saturated heterocycles. The molecule has 1 amide bonds. The van der Waals surface area contributed by atoms with Gasteiger partial charge in [0.1, 0.15) is 11.6 Å². The molecule has 1 heterocycles. The minimum Gasteiger partial charge on any atom is -0.363 e. The van der Waals surface area contributed by atoms with Crippen LogP contribution in [-0.4, -0.2) is 21.9 Å². The molecule has 0 bridgehead atoms. The van der Waals surface area contributed by atoms with Crippen LogP contribution in [0.3, 0.4) is 0 Å². The Morgan fingerprint density at radius 2 is 1.87 bits per heavy atom. The third kappa shape index (κ3) is 5.04. The van der Waals surface area contributed by atoms with Gasteiger partial charge in [-0.15, -0.1) is 0 Å². The minimum absolute atomic E-state index is 0.115. The first kappa shape index (κ1) is 21.3. The van der Waals surface area contributed by atoms with E-state index in [-0.39, 0.29) is 17.9 Å². The molecule has 4 rings (SSSR count). The summed E-state index contributed by atoms with van der Waals surface area (Å²) < 4.78 is 0. The predicted octanol–water partition coefficient (Wildman–Crippen LogP) is 5.50. The van der Waals surface area contributed by atoms with Gasteiger partial charge in [-0.25, -0.2) is 9.97 Å². The van der Waals surface area contributed by atoms with Gasteiger partial charge in [0.25, 0.3) is 0 Å². The summed E-state index contributed by atoms with van der Waals surface area (Å²) in [5.74, 6) is 1.86. The van der Waals surface area contributed by atoms with Crippen LogP contribution in [0.1, 0.15) is 73.1 Å². The molecule has 5 heteroatoms. The van der Waals surface area contributed by atoms with Gasteiger partial charge in [0.05, 0.1) is 5.52 Å². The molecule has 0 aliphatic heterocycles. The smallest absolute Gasteiger partial charge is 0.220 e. The molecule has 1 fully saturated rings. The quantitative estimate of drug-likeness (QED) is 0.534. The van der Waals surface area contributed by atoms with Crippen molar-refractivity contribution in [3.05, 3.63) is 64.5 Å². The molecule has 2 N–H and O–H groups in total. The maximum Gasteiger partial charge on any atom is 0.220 e. The number of amides is 1. The number of nitrogens with one attached hydrogen (secondary N) is 2. The van der Waals surface area contributed by atoms with Crippen LogP contribution in [0.15, 0.2) is 36.4 Å². The molecule has 31 heavy (non-hydrogen) atoms. The van der Waals surface area contributed by atoms with E-state index in [0.717, 1.165) is 41.0 Å². The van der Waals surface area contributed by atoms with E-state index in [4.69, 9.17) is 4.98 Å². The van der Waals surface area contributed by atoms with E-state index in [9.17, 15) is 4.79 Å². The van der Waals surface area contributed by atoms with Gasteiger partial charge in [-0.2, -0.15) is 0 Å². The molecule has 1 aromatic heterocycles. The van der Waals surface area contributed by atoms with Gasteiger partial charge in [-0.3, -0.25) is 4.79 Å². The van der Waals surface area contributed by atoms with Crippen molar-refractivity contribution in [1.29, 1.82) is 0 Å². The average Bonchev–Trinajstić information content (AvgIpc) is 3.50. The van der Waals surface area contributed by atoms with Crippen molar-refractivity contribution >= 4 is 22.6 Å². The molecule has 1 aliphatic carbocycles. The van der Waals surface area contributed by atoms with Gasteiger partial charge < -0.3 is 10.6 Å². The first-order valence-electron chi connectivity index (χ1n) is 11.2. The van der Waals surface area contributed by atoms with Crippen LogP contribution in [0.5, 0.6) is 0 Å². The second kappa shape index (κ2) is 8.66. The Kier molecular flexibility index (Phi) is 5.94. The summed E-state index contributed by atoms with van der Waals surface area (Å²) in [7, 11) is 0. The fourth-order valence-corrected chi connectivity index (χ4v) is 4.18. The van der Waals surface area contributed by atoms with Crippen molar-refractivity contribution in [2.45, 2.75) is 71.9 Å². The van der Waals surface area contributed by atoms with Crippen LogP contribution in [0.4, 0.5) is 5.82 Å². The number of anilines is 1. The molecular weight excluding hydrogens is 384 g/mol. The van der Waals surface area contributed by atoms with Gasteiger partial charge in [0, 0.05) is 23.9 Å². The van der Waals surface area contributed by atoms with E-state index in [0.29, 0.717) is 12.5 Å². The molecule has 1 saturated carbocycles. The standard InChI is InChI=1S/C26H32N4O/c1-15-7-6-8-20(11-15)18(4)27-26-23-14-22(16(2)12-24(23)28-19(5)29-26)17(3)13-25(31)30-21-9-10-21/h6-8,11-12,14,17-18,21H,9-10,13H2,1-5H3,(H,30,31)(H,27,28,29)/t17?,18-/m1/s1. The van der Waals surface area contributed by atoms with E-state index in [1.54, 1.807) is 0 Å². The zero-order valence-electron chi connectivity index (χ0n) is 19.1. The normalized spacial score (nSPS) is 15.5. The van der Waals surface area contributed by atoms with Gasteiger partial charge in [-0.05, 0) is 75.3 Å². The van der Waals surface area contributed by atoms with E-state index < -0.39 is 0 Å². The van der Waals surface area contributed by atoms with Crippen molar-refractivity contribution in [2.75, 3.05) is 5.32 Å². The number of nitrogens with zero attached hydrogens (tertiary/aromatic N) is 2. The van der Waals surface area contributed by atoms with E-state index >= 15 is 0 Å². The highest BCUT2D eigenvalue weighted by Crippen LogP contribution is 2.32. The van der Waals surface area contributed by atoms with Crippen molar-refractivity contribution in [1.82, 2.24) is 15.3 Å². The summed E-state index contributed by atoms with van der Waals surface area (Å²) in [6.07, 6.45) is 2.72. The van der Waals surface area contributed by atoms with Crippen LogP contribution in [-0.2, 0) is 4.79 Å². The minimum atomic E-state index is 0.115. The van der Waals surface area contributed by atoms with Gasteiger partial charge >= 0.3 is 0 Å². The summed E-state index contributed by atoms with van der Waals surface area (Å²) in [5.41, 5.74) is 5.74. The lowest BCUT2D eigenvalue weighted by Gasteiger charge is -2.20. The number of hydrogen-bond donors (Lipinski definition) is 2. The third-order valence-corrected chi connectivity index (χ3v) is 6.06. The lowest BCUT2D eigenvalue weighted by atomic mass is 9.91. The first-order valence-corrected chi connectivity index (χ1v) is 11.2. The largest absolute Gasteiger partial charge is 0.363 e. The summed E-state index contributed by atoms with van der Waals surface area (Å²) in [5, 5.41) is 7.70. The van der Waals surface area contributed by atoms with Crippen LogP contribution in [0.2, 0.25) is 0 Å². The molecule has 0 radical (unpaired) electrons. The van der Waals surface area contributed by atoms with Crippen LogP contribution in [0.25, 0.3) is 10.9 Å². The van der Waals surface area contributed by atoms with Crippen LogP contribution in [0, 0.1) is 20.8 Å². The molecule has 1 aliphatic rings. The maximum atomic E-state index is 12.3. The molecule has 2 atom stereocenters. The number of benzene rings is 2. The van der Waals surface area contributed by atoms with Gasteiger partial charge in [0.2, 0.25) is 5.91 Å². The Morgan fingerprint density at radius 3 is 2.58 bits per heavy atom. The average molecular weight is 417 g/mol. The predicted molar refractivity (Wildman–Crippen MR) is 126 cm³/mol. The summed E-state index contributed by atoms with van der Waals surface area (Å²) in [6, 6.07) is 13.3. The Bertz CT molecular complexity index is 1120. The molecule has 3 aromatic rings. The maximum absolute atomic E-state index is 12.3. The number of carbonyl (C=O) groups is 1. The topological polar surface area (TPSA) is 66.9 Å². The molecule has 5 nitrogen and oxygen atoms in total. The molecule has 0 spiro atoms. The second-order valence-corrected chi connectivity index (χ2v) is 9.07. The number of hydrogen-bond acceptors (Lipinski definition) is 4. The molecule has 162 valence electrons. The van der Waals surface area contributed by atoms with Crippen molar-refractivity contribution < 1.29 is 4.79 Å². The van der Waals surface area contributed by atoms with Gasteiger partial charge in [0.15, 0.2) is 0 Å². The highest BCUT2D eigenvalue weighted by molar-refractivity contribution is 5.91.